The highest BCUT2D eigenvalue weighted by atomic mass is 79.9. The average Bonchev–Trinajstić information content (AvgIpc) is 2.94. The van der Waals surface area contributed by atoms with Gasteiger partial charge in [-0.05, 0) is 39.0 Å². The fourth-order valence-corrected chi connectivity index (χ4v) is 2.76. The van der Waals surface area contributed by atoms with Gasteiger partial charge in [0.15, 0.2) is 0 Å². The molecule has 0 fully saturated rings. The van der Waals surface area contributed by atoms with Crippen LogP contribution in [0, 0.1) is 10.1 Å². The van der Waals surface area contributed by atoms with Crippen LogP contribution in [0.3, 0.4) is 0 Å². The van der Waals surface area contributed by atoms with E-state index in [1.54, 1.807) is 6.07 Å². The zero-order chi connectivity index (χ0) is 14.8. The van der Waals surface area contributed by atoms with Crippen LogP contribution in [0.4, 0.5) is 11.4 Å². The van der Waals surface area contributed by atoms with Crippen LogP contribution in [0.2, 0.25) is 0 Å². The summed E-state index contributed by atoms with van der Waals surface area (Å²) in [5.41, 5.74) is 3.13. The van der Waals surface area contributed by atoms with E-state index in [0.29, 0.717) is 11.0 Å². The molecule has 5 nitrogen and oxygen atoms in total. The Morgan fingerprint density at radius 3 is 2.86 bits per heavy atom. The Kier molecular flexibility index (Phi) is 3.62. The second-order valence-electron chi connectivity index (χ2n) is 4.63. The van der Waals surface area contributed by atoms with E-state index in [9.17, 15) is 10.1 Å². The number of hydrogen-bond donors (Lipinski definition) is 2. The smallest absolute Gasteiger partial charge is 0.270 e. The standard InChI is InChI=1S/C15H12BrN3O2/c16-13-8-12(19(20)21)4-5-14(13)18-9-11-3-1-2-10-6-7-17-15(10)11/h1-8,17-18H,9H2. The monoisotopic (exact) mass is 345 g/mol. The van der Waals surface area contributed by atoms with Gasteiger partial charge in [-0.3, -0.25) is 10.1 Å². The minimum atomic E-state index is -0.409. The normalized spacial score (nSPS) is 10.7. The maximum absolute atomic E-state index is 10.7. The molecular formula is C15H12BrN3O2. The first-order valence-electron chi connectivity index (χ1n) is 6.38. The molecular weight excluding hydrogens is 334 g/mol. The summed E-state index contributed by atoms with van der Waals surface area (Å²) in [6, 6.07) is 12.8. The number of nitro benzene ring substituents is 1. The molecule has 0 aliphatic heterocycles. The Hall–Kier alpha value is -2.34. The van der Waals surface area contributed by atoms with Crippen molar-refractivity contribution in [3.63, 3.8) is 0 Å². The molecule has 1 aromatic heterocycles. The van der Waals surface area contributed by atoms with E-state index in [-0.39, 0.29) is 5.69 Å². The maximum Gasteiger partial charge on any atom is 0.270 e. The van der Waals surface area contributed by atoms with Crippen LogP contribution in [0.15, 0.2) is 53.1 Å². The molecule has 1 heterocycles. The molecule has 0 spiro atoms. The van der Waals surface area contributed by atoms with E-state index in [0.717, 1.165) is 22.2 Å². The first kappa shape index (κ1) is 13.6. The van der Waals surface area contributed by atoms with E-state index < -0.39 is 4.92 Å². The predicted molar refractivity (Wildman–Crippen MR) is 86.4 cm³/mol. The highest BCUT2D eigenvalue weighted by molar-refractivity contribution is 9.10. The third kappa shape index (κ3) is 2.75. The number of rotatable bonds is 4. The first-order valence-corrected chi connectivity index (χ1v) is 7.17. The number of nitrogens with zero attached hydrogens (tertiary/aromatic N) is 1. The van der Waals surface area contributed by atoms with Gasteiger partial charge in [0.25, 0.3) is 5.69 Å². The molecule has 0 saturated carbocycles. The quantitative estimate of drug-likeness (QED) is 0.542. The Labute approximate surface area is 129 Å². The number of anilines is 1. The van der Waals surface area contributed by atoms with Crippen LogP contribution >= 0.6 is 15.9 Å². The third-order valence-electron chi connectivity index (χ3n) is 3.31. The Morgan fingerprint density at radius 1 is 1.24 bits per heavy atom. The number of H-pyrrole nitrogens is 1. The number of fused-ring (bicyclic) bond motifs is 1. The van der Waals surface area contributed by atoms with Crippen molar-refractivity contribution < 1.29 is 4.92 Å². The molecule has 0 bridgehead atoms. The number of nitro groups is 1. The van der Waals surface area contributed by atoms with Gasteiger partial charge in [-0.1, -0.05) is 18.2 Å². The molecule has 0 aliphatic carbocycles. The summed E-state index contributed by atoms with van der Waals surface area (Å²) >= 11 is 3.36. The van der Waals surface area contributed by atoms with Crippen LogP contribution in [-0.4, -0.2) is 9.91 Å². The van der Waals surface area contributed by atoms with Gasteiger partial charge in [0.05, 0.1) is 10.4 Å². The molecule has 3 rings (SSSR count). The summed E-state index contributed by atoms with van der Waals surface area (Å²) in [5, 5.41) is 15.2. The van der Waals surface area contributed by atoms with Gasteiger partial charge in [-0.2, -0.15) is 0 Å². The minimum absolute atomic E-state index is 0.0684. The van der Waals surface area contributed by atoms with E-state index >= 15 is 0 Å². The van der Waals surface area contributed by atoms with Gasteiger partial charge in [0.2, 0.25) is 0 Å². The fourth-order valence-electron chi connectivity index (χ4n) is 2.25. The zero-order valence-corrected chi connectivity index (χ0v) is 12.6. The summed E-state index contributed by atoms with van der Waals surface area (Å²) in [7, 11) is 0. The largest absolute Gasteiger partial charge is 0.380 e. The van der Waals surface area contributed by atoms with Crippen molar-refractivity contribution in [2.75, 3.05) is 5.32 Å². The van der Waals surface area contributed by atoms with Gasteiger partial charge in [0.1, 0.15) is 0 Å². The van der Waals surface area contributed by atoms with Crippen LogP contribution in [0.25, 0.3) is 10.9 Å². The van der Waals surface area contributed by atoms with E-state index in [2.05, 4.69) is 32.3 Å². The van der Waals surface area contributed by atoms with Crippen molar-refractivity contribution in [3.8, 4) is 0 Å². The molecule has 2 N–H and O–H groups in total. The van der Waals surface area contributed by atoms with Crippen molar-refractivity contribution in [1.82, 2.24) is 4.98 Å². The molecule has 2 aromatic carbocycles. The Bertz CT molecular complexity index is 814. The maximum atomic E-state index is 10.7. The number of aromatic nitrogens is 1. The number of nitrogens with one attached hydrogen (secondary N) is 2. The number of hydrogen-bond acceptors (Lipinski definition) is 3. The molecule has 0 radical (unpaired) electrons. The average molecular weight is 346 g/mol. The first-order chi connectivity index (χ1) is 10.1. The second kappa shape index (κ2) is 5.57. The molecule has 0 unspecified atom stereocenters. The lowest BCUT2D eigenvalue weighted by atomic mass is 10.1. The molecule has 0 atom stereocenters. The predicted octanol–water partition coefficient (Wildman–Crippen LogP) is 4.45. The Balaban J connectivity index is 1.82. The van der Waals surface area contributed by atoms with E-state index in [1.165, 1.54) is 12.1 Å². The van der Waals surface area contributed by atoms with Crippen molar-refractivity contribution in [1.29, 1.82) is 0 Å². The number of para-hydroxylation sites is 1. The number of aromatic amines is 1. The van der Waals surface area contributed by atoms with Gasteiger partial charge in [-0.25, -0.2) is 0 Å². The van der Waals surface area contributed by atoms with Crippen molar-refractivity contribution in [3.05, 3.63) is 68.8 Å². The lowest BCUT2D eigenvalue weighted by Crippen LogP contribution is -2.01. The molecule has 0 saturated heterocycles. The third-order valence-corrected chi connectivity index (χ3v) is 3.96. The lowest BCUT2D eigenvalue weighted by molar-refractivity contribution is -0.384. The second-order valence-corrected chi connectivity index (χ2v) is 5.49. The fraction of sp³-hybridized carbons (Fsp3) is 0.0667. The summed E-state index contributed by atoms with van der Waals surface area (Å²) in [6.45, 7) is 0.633. The number of benzene rings is 2. The SMILES string of the molecule is O=[N+]([O-])c1ccc(NCc2cccc3cc[nH]c23)c(Br)c1. The molecule has 3 aromatic rings. The van der Waals surface area contributed by atoms with Crippen molar-refractivity contribution >= 4 is 38.2 Å². The van der Waals surface area contributed by atoms with Gasteiger partial charge >= 0.3 is 0 Å². The van der Waals surface area contributed by atoms with Gasteiger partial charge in [0, 0.05) is 35.0 Å². The number of halogens is 1. The highest BCUT2D eigenvalue weighted by Gasteiger charge is 2.09. The van der Waals surface area contributed by atoms with Crippen molar-refractivity contribution in [2.45, 2.75) is 6.54 Å². The molecule has 21 heavy (non-hydrogen) atoms. The summed E-state index contributed by atoms with van der Waals surface area (Å²) in [4.78, 5) is 13.5. The Morgan fingerprint density at radius 2 is 2.10 bits per heavy atom. The summed E-state index contributed by atoms with van der Waals surface area (Å²) in [5.74, 6) is 0. The van der Waals surface area contributed by atoms with Crippen LogP contribution in [-0.2, 0) is 6.54 Å². The number of non-ortho nitro benzene ring substituents is 1. The van der Waals surface area contributed by atoms with Crippen molar-refractivity contribution in [2.24, 2.45) is 0 Å². The summed E-state index contributed by atoms with van der Waals surface area (Å²) in [6.07, 6.45) is 1.91. The molecule has 6 heteroatoms. The van der Waals surface area contributed by atoms with E-state index in [4.69, 9.17) is 0 Å². The topological polar surface area (TPSA) is 71.0 Å². The molecule has 0 amide bonds. The van der Waals surface area contributed by atoms with E-state index in [1.807, 2.05) is 24.4 Å². The van der Waals surface area contributed by atoms with Gasteiger partial charge in [-0.15, -0.1) is 0 Å². The van der Waals surface area contributed by atoms with Crippen LogP contribution in [0.5, 0.6) is 0 Å². The zero-order valence-electron chi connectivity index (χ0n) is 11.0. The highest BCUT2D eigenvalue weighted by Crippen LogP contribution is 2.28. The minimum Gasteiger partial charge on any atom is -0.380 e. The molecule has 0 aliphatic rings. The molecule has 106 valence electrons. The van der Waals surface area contributed by atoms with Crippen LogP contribution < -0.4 is 5.32 Å². The summed E-state index contributed by atoms with van der Waals surface area (Å²) < 4.78 is 0.676. The van der Waals surface area contributed by atoms with Crippen LogP contribution in [0.1, 0.15) is 5.56 Å². The van der Waals surface area contributed by atoms with Gasteiger partial charge < -0.3 is 10.3 Å². The lowest BCUT2D eigenvalue weighted by Gasteiger charge is -2.09.